The molecule has 0 radical (unpaired) electrons. The van der Waals surface area contributed by atoms with Crippen molar-refractivity contribution in [2.24, 2.45) is 0 Å². The van der Waals surface area contributed by atoms with Crippen molar-refractivity contribution in [1.82, 2.24) is 9.97 Å². The minimum atomic E-state index is -3.72. The van der Waals surface area contributed by atoms with Crippen LogP contribution in [-0.4, -0.2) is 32.6 Å². The summed E-state index contributed by atoms with van der Waals surface area (Å²) in [5.74, 6) is 0.516. The highest BCUT2D eigenvalue weighted by atomic mass is 32.2. The summed E-state index contributed by atoms with van der Waals surface area (Å²) in [6.07, 6.45) is 1.04. The lowest BCUT2D eigenvalue weighted by Crippen LogP contribution is -2.12. The van der Waals surface area contributed by atoms with Crippen LogP contribution in [0.15, 0.2) is 64.3 Å². The predicted molar refractivity (Wildman–Crippen MR) is 141 cm³/mol. The fourth-order valence-corrected chi connectivity index (χ4v) is 5.37. The van der Waals surface area contributed by atoms with Crippen LogP contribution >= 0.6 is 11.3 Å². The largest absolute Gasteiger partial charge is 0.493 e. The minimum absolute atomic E-state index is 0. The fraction of sp³-hybridized carbons (Fsp3) is 0.130. The Bertz CT molecular complexity index is 1460. The highest BCUT2D eigenvalue weighted by Crippen LogP contribution is 2.35. The molecule has 0 fully saturated rings. The Kier molecular flexibility index (Phi) is 7.03. The number of aryl methyl sites for hydroxylation is 1. The van der Waals surface area contributed by atoms with E-state index < -0.39 is 15.8 Å². The molecule has 12 heteroatoms. The summed E-state index contributed by atoms with van der Waals surface area (Å²) < 4.78 is 52.7. The highest BCUT2D eigenvalue weighted by Gasteiger charge is 2.15. The van der Waals surface area contributed by atoms with Crippen molar-refractivity contribution in [2.75, 3.05) is 29.6 Å². The molecule has 0 aliphatic carbocycles. The molecule has 0 bridgehead atoms. The van der Waals surface area contributed by atoms with Crippen LogP contribution in [0.25, 0.3) is 0 Å². The Balaban J connectivity index is 0.00000241. The summed E-state index contributed by atoms with van der Waals surface area (Å²) in [4.78, 5) is 8.39. The van der Waals surface area contributed by atoms with Crippen LogP contribution < -0.4 is 24.8 Å². The van der Waals surface area contributed by atoms with Gasteiger partial charge in [-0.05, 0) is 48.2 Å². The van der Waals surface area contributed by atoms with E-state index in [1.165, 1.54) is 36.0 Å². The molecule has 35 heavy (non-hydrogen) atoms. The highest BCUT2D eigenvalue weighted by molar-refractivity contribution is 7.92. The van der Waals surface area contributed by atoms with Gasteiger partial charge in [-0.15, -0.1) is 0 Å². The van der Waals surface area contributed by atoms with Crippen molar-refractivity contribution < 1.29 is 26.6 Å². The second-order valence-corrected chi connectivity index (χ2v) is 9.78. The quantitative estimate of drug-likeness (QED) is 0.245. The van der Waals surface area contributed by atoms with Crippen LogP contribution in [-0.2, 0) is 10.0 Å². The van der Waals surface area contributed by atoms with Gasteiger partial charge in [0.05, 0.1) is 31.0 Å². The number of nitrogens with zero attached hydrogens (tertiary/aromatic N) is 2. The molecule has 188 valence electrons. The number of ether oxygens (including phenoxy) is 2. The van der Waals surface area contributed by atoms with Crippen LogP contribution in [0.2, 0.25) is 0 Å². The van der Waals surface area contributed by atoms with Gasteiger partial charge in [0.2, 0.25) is 5.95 Å². The van der Waals surface area contributed by atoms with E-state index in [-0.39, 0.29) is 20.9 Å². The second-order valence-electron chi connectivity index (χ2n) is 7.31. The number of aromatic nitrogens is 2. The van der Waals surface area contributed by atoms with Crippen LogP contribution in [0.1, 0.15) is 9.84 Å². The predicted octanol–water partition coefficient (Wildman–Crippen LogP) is 6.03. The number of nitrogens with one attached hydrogen (secondary N) is 3. The minimum Gasteiger partial charge on any atom is -0.493 e. The summed E-state index contributed by atoms with van der Waals surface area (Å²) in [5.41, 5.74) is 2.20. The fourth-order valence-electron chi connectivity index (χ4n) is 3.29. The molecule has 0 amide bonds. The smallest absolute Gasteiger partial charge is 0.262 e. The molecule has 0 aliphatic rings. The normalized spacial score (nSPS) is 11.1. The molecule has 2 heterocycles. The first-order valence-electron chi connectivity index (χ1n) is 10.2. The second kappa shape index (κ2) is 10.2. The van der Waals surface area contributed by atoms with Gasteiger partial charge in [-0.25, -0.2) is 17.8 Å². The van der Waals surface area contributed by atoms with Crippen LogP contribution in [0.4, 0.5) is 33.2 Å². The lowest BCUT2D eigenvalue weighted by molar-refractivity contribution is 0.353. The molecule has 0 atom stereocenters. The van der Waals surface area contributed by atoms with Gasteiger partial charge in [-0.3, -0.25) is 4.72 Å². The molecule has 3 N–H and O–H groups in total. The lowest BCUT2D eigenvalue weighted by atomic mass is 10.2. The molecule has 4 rings (SSSR count). The zero-order valence-electron chi connectivity index (χ0n) is 19.0. The average molecular weight is 522 g/mol. The average Bonchev–Trinajstić information content (AvgIpc) is 3.37. The maximum atomic E-state index is 14.5. The molecule has 0 saturated heterocycles. The number of sulfonamides is 1. The van der Waals surface area contributed by atoms with Gasteiger partial charge >= 0.3 is 0 Å². The Hall–Kier alpha value is -3.90. The van der Waals surface area contributed by atoms with Crippen molar-refractivity contribution in [3.63, 3.8) is 0 Å². The molecule has 0 unspecified atom stereocenters. The SMILES string of the molecule is COc1cc(Nc2ncc(F)c(Nc3cccc(NS(=O)(=O)c4ccsc4)c3)n2)cc(C)c1OC.[HH].[HH].[HH]. The van der Waals surface area contributed by atoms with E-state index in [0.29, 0.717) is 28.6 Å². The van der Waals surface area contributed by atoms with E-state index in [1.54, 1.807) is 36.8 Å². The third-order valence-corrected chi connectivity index (χ3v) is 7.06. The number of thiophene rings is 1. The molecular formula is C23H28FN5O4S2. The maximum absolute atomic E-state index is 14.5. The number of rotatable bonds is 9. The first-order valence-corrected chi connectivity index (χ1v) is 12.7. The molecular weight excluding hydrogens is 493 g/mol. The van der Waals surface area contributed by atoms with E-state index in [1.807, 2.05) is 13.0 Å². The molecule has 4 aromatic rings. The summed E-state index contributed by atoms with van der Waals surface area (Å²) in [5, 5.41) is 9.11. The first kappa shape index (κ1) is 24.2. The van der Waals surface area contributed by atoms with Crippen molar-refractivity contribution in [3.05, 3.63) is 70.8 Å². The topological polar surface area (TPSA) is 114 Å². The molecule has 2 aromatic carbocycles. The summed E-state index contributed by atoms with van der Waals surface area (Å²) in [6.45, 7) is 1.87. The summed E-state index contributed by atoms with van der Waals surface area (Å²) in [7, 11) is -0.629. The van der Waals surface area contributed by atoms with Gasteiger partial charge in [-0.2, -0.15) is 16.3 Å². The van der Waals surface area contributed by atoms with Crippen LogP contribution in [0.5, 0.6) is 11.5 Å². The van der Waals surface area contributed by atoms with Gasteiger partial charge in [0.1, 0.15) is 0 Å². The number of anilines is 5. The van der Waals surface area contributed by atoms with Crippen molar-refractivity contribution in [2.45, 2.75) is 11.8 Å². The molecule has 0 spiro atoms. The Morgan fingerprint density at radius 3 is 2.54 bits per heavy atom. The maximum Gasteiger partial charge on any atom is 0.262 e. The van der Waals surface area contributed by atoms with E-state index in [0.717, 1.165) is 11.8 Å². The Labute approximate surface area is 210 Å². The number of hydrogen-bond donors (Lipinski definition) is 3. The summed E-state index contributed by atoms with van der Waals surface area (Å²) >= 11 is 1.28. The Morgan fingerprint density at radius 2 is 1.83 bits per heavy atom. The van der Waals surface area contributed by atoms with E-state index in [4.69, 9.17) is 9.47 Å². The lowest BCUT2D eigenvalue weighted by Gasteiger charge is -2.14. The van der Waals surface area contributed by atoms with Gasteiger partial charge in [0.15, 0.2) is 23.1 Å². The van der Waals surface area contributed by atoms with E-state index in [2.05, 4.69) is 25.3 Å². The zero-order chi connectivity index (χ0) is 25.0. The third kappa shape index (κ3) is 5.61. The number of halogens is 1. The molecule has 9 nitrogen and oxygen atoms in total. The molecule has 0 saturated carbocycles. The Morgan fingerprint density at radius 1 is 1.03 bits per heavy atom. The van der Waals surface area contributed by atoms with Crippen LogP contribution in [0.3, 0.4) is 0 Å². The van der Waals surface area contributed by atoms with E-state index >= 15 is 0 Å². The molecule has 2 aromatic heterocycles. The first-order chi connectivity index (χ1) is 16.8. The van der Waals surface area contributed by atoms with Gasteiger partial charge in [-0.1, -0.05) is 6.07 Å². The summed E-state index contributed by atoms with van der Waals surface area (Å²) in [6, 6.07) is 11.5. The van der Waals surface area contributed by atoms with E-state index in [9.17, 15) is 12.8 Å². The number of methoxy groups -OCH3 is 2. The molecule has 0 aliphatic heterocycles. The van der Waals surface area contributed by atoms with Crippen molar-refractivity contribution >= 4 is 50.2 Å². The number of hydrogen-bond acceptors (Lipinski definition) is 9. The standard InChI is InChI=1S/C23H22FN5O4S2.3H2/c1-14-9-17(11-20(32-2)21(14)33-3)27-23-25-12-19(24)22(28-23)26-15-5-4-6-16(10-15)29-35(30,31)18-7-8-34-13-18;;;/h4-13,29H,1-3H3,(H2,25,26,27,28);3*1H. The van der Waals surface area contributed by atoms with Crippen LogP contribution in [0, 0.1) is 12.7 Å². The van der Waals surface area contributed by atoms with Gasteiger partial charge < -0.3 is 20.1 Å². The van der Waals surface area contributed by atoms with Crippen molar-refractivity contribution in [1.29, 1.82) is 0 Å². The van der Waals surface area contributed by atoms with Crippen molar-refractivity contribution in [3.8, 4) is 11.5 Å². The van der Waals surface area contributed by atoms with Gasteiger partial charge in [0.25, 0.3) is 10.0 Å². The number of benzene rings is 2. The zero-order valence-corrected chi connectivity index (χ0v) is 20.6. The van der Waals surface area contributed by atoms with Gasteiger partial charge in [0, 0.05) is 27.1 Å². The monoisotopic (exact) mass is 521 g/mol. The third-order valence-electron chi connectivity index (χ3n) is 4.85.